The SMILES string of the molecule is CCCCCCCCCn1c(C)c(C2(c3ccc(N(CC)CC)cc3OCC)OC(=O)c3cccnc32)c2ccccc21. The minimum Gasteiger partial charge on any atom is -0.493 e. The molecule has 0 N–H and O–H groups in total. The van der Waals surface area contributed by atoms with Crippen LogP contribution in [-0.4, -0.2) is 35.2 Å². The van der Waals surface area contributed by atoms with E-state index in [1.807, 2.05) is 13.0 Å². The summed E-state index contributed by atoms with van der Waals surface area (Å²) in [7, 11) is 0. The van der Waals surface area contributed by atoms with Crippen molar-refractivity contribution in [3.05, 3.63) is 88.9 Å². The van der Waals surface area contributed by atoms with Gasteiger partial charge in [-0.05, 0) is 64.4 Å². The Morgan fingerprint density at radius 1 is 0.907 bits per heavy atom. The normalized spacial score (nSPS) is 16.0. The Hall–Kier alpha value is -3.80. The van der Waals surface area contributed by atoms with E-state index < -0.39 is 5.60 Å². The molecule has 2 aromatic heterocycles. The summed E-state index contributed by atoms with van der Waals surface area (Å²) in [6.07, 6.45) is 10.5. The number of hydrogen-bond acceptors (Lipinski definition) is 5. The van der Waals surface area contributed by atoms with Gasteiger partial charge >= 0.3 is 5.97 Å². The Balaban J connectivity index is 1.69. The molecule has 0 bridgehead atoms. The number of esters is 1. The molecular formula is C37H47N3O3. The number of carbonyl (C=O) groups is 1. The van der Waals surface area contributed by atoms with Gasteiger partial charge in [0, 0.05) is 65.3 Å². The fourth-order valence-electron chi connectivity index (χ4n) is 6.83. The molecule has 0 radical (unpaired) electrons. The summed E-state index contributed by atoms with van der Waals surface area (Å²) in [5, 5.41) is 1.07. The van der Waals surface area contributed by atoms with Gasteiger partial charge in [-0.2, -0.15) is 0 Å². The van der Waals surface area contributed by atoms with Gasteiger partial charge in [0.05, 0.1) is 12.2 Å². The number of cyclic esters (lactones) is 1. The number of anilines is 1. The van der Waals surface area contributed by atoms with Crippen molar-refractivity contribution >= 4 is 22.6 Å². The molecule has 228 valence electrons. The summed E-state index contributed by atoms with van der Waals surface area (Å²) >= 11 is 0. The molecule has 6 heteroatoms. The van der Waals surface area contributed by atoms with Crippen LogP contribution in [0.3, 0.4) is 0 Å². The van der Waals surface area contributed by atoms with E-state index in [9.17, 15) is 4.79 Å². The second-order valence-electron chi connectivity index (χ2n) is 11.5. The van der Waals surface area contributed by atoms with Crippen molar-refractivity contribution in [1.29, 1.82) is 0 Å². The number of fused-ring (bicyclic) bond motifs is 2. The number of aryl methyl sites for hydroxylation is 1. The first kappa shape index (κ1) is 30.7. The fourth-order valence-corrected chi connectivity index (χ4v) is 6.83. The van der Waals surface area contributed by atoms with Gasteiger partial charge in [-0.3, -0.25) is 4.98 Å². The zero-order valence-corrected chi connectivity index (χ0v) is 26.6. The monoisotopic (exact) mass is 581 g/mol. The maximum atomic E-state index is 13.6. The van der Waals surface area contributed by atoms with Gasteiger partial charge in [-0.15, -0.1) is 0 Å². The number of para-hydroxylation sites is 1. The van der Waals surface area contributed by atoms with E-state index in [4.69, 9.17) is 14.5 Å². The number of ether oxygens (including phenoxy) is 2. The van der Waals surface area contributed by atoms with Crippen LogP contribution in [-0.2, 0) is 16.9 Å². The summed E-state index contributed by atoms with van der Waals surface area (Å²) in [5.41, 5.74) is 4.98. The number of nitrogens with zero attached hydrogens (tertiary/aromatic N) is 3. The Kier molecular flexibility index (Phi) is 9.74. The van der Waals surface area contributed by atoms with Gasteiger partial charge in [0.2, 0.25) is 5.60 Å². The molecule has 6 nitrogen and oxygen atoms in total. The lowest BCUT2D eigenvalue weighted by molar-refractivity contribution is 0.0238. The second kappa shape index (κ2) is 13.7. The fraction of sp³-hybridized carbons (Fsp3) is 0.459. The molecule has 0 saturated heterocycles. The number of carbonyl (C=O) groups excluding carboxylic acids is 1. The number of benzene rings is 2. The van der Waals surface area contributed by atoms with Gasteiger partial charge in [0.15, 0.2) is 0 Å². The average Bonchev–Trinajstić information content (AvgIpc) is 3.48. The average molecular weight is 582 g/mol. The minimum absolute atomic E-state index is 0.360. The van der Waals surface area contributed by atoms with Crippen molar-refractivity contribution < 1.29 is 14.3 Å². The summed E-state index contributed by atoms with van der Waals surface area (Å²) in [6, 6.07) is 18.4. The van der Waals surface area contributed by atoms with Crippen LogP contribution in [0.15, 0.2) is 60.8 Å². The third-order valence-electron chi connectivity index (χ3n) is 8.95. The molecule has 3 heterocycles. The summed E-state index contributed by atoms with van der Waals surface area (Å²) in [5.74, 6) is 0.350. The van der Waals surface area contributed by atoms with Crippen LogP contribution in [0.5, 0.6) is 5.75 Å². The molecule has 2 aromatic carbocycles. The van der Waals surface area contributed by atoms with Crippen LogP contribution in [0.2, 0.25) is 0 Å². The van der Waals surface area contributed by atoms with Crippen LogP contribution in [0.4, 0.5) is 5.69 Å². The van der Waals surface area contributed by atoms with Crippen LogP contribution < -0.4 is 9.64 Å². The smallest absolute Gasteiger partial charge is 0.341 e. The van der Waals surface area contributed by atoms with Crippen molar-refractivity contribution in [1.82, 2.24) is 9.55 Å². The predicted molar refractivity (Wildman–Crippen MR) is 175 cm³/mol. The molecule has 0 aliphatic carbocycles. The summed E-state index contributed by atoms with van der Waals surface area (Å²) in [6.45, 7) is 13.9. The molecular weight excluding hydrogens is 534 g/mol. The third kappa shape index (κ3) is 5.64. The Morgan fingerprint density at radius 2 is 1.65 bits per heavy atom. The zero-order valence-electron chi connectivity index (χ0n) is 26.6. The maximum Gasteiger partial charge on any atom is 0.341 e. The van der Waals surface area contributed by atoms with Crippen LogP contribution >= 0.6 is 0 Å². The Labute approximate surface area is 257 Å². The Bertz CT molecular complexity index is 1550. The molecule has 5 rings (SSSR count). The lowest BCUT2D eigenvalue weighted by Gasteiger charge is -2.32. The van der Waals surface area contributed by atoms with Gasteiger partial charge in [0.25, 0.3) is 0 Å². The highest BCUT2D eigenvalue weighted by Gasteiger charge is 2.54. The van der Waals surface area contributed by atoms with Crippen molar-refractivity contribution in [2.75, 3.05) is 24.6 Å². The molecule has 0 spiro atoms. The van der Waals surface area contributed by atoms with E-state index >= 15 is 0 Å². The maximum absolute atomic E-state index is 13.6. The first-order chi connectivity index (χ1) is 21.0. The molecule has 1 aliphatic rings. The van der Waals surface area contributed by atoms with E-state index in [0.29, 0.717) is 23.6 Å². The number of pyridine rings is 1. The van der Waals surface area contributed by atoms with Crippen molar-refractivity contribution in [2.24, 2.45) is 0 Å². The van der Waals surface area contributed by atoms with Gasteiger partial charge in [-0.1, -0.05) is 63.6 Å². The van der Waals surface area contributed by atoms with E-state index in [2.05, 4.69) is 79.6 Å². The Morgan fingerprint density at radius 3 is 2.40 bits per heavy atom. The molecule has 1 unspecified atom stereocenters. The lowest BCUT2D eigenvalue weighted by atomic mass is 9.80. The minimum atomic E-state index is -1.24. The van der Waals surface area contributed by atoms with Crippen LogP contribution in [0, 0.1) is 6.92 Å². The number of unbranched alkanes of at least 4 members (excludes halogenated alkanes) is 6. The highest BCUT2D eigenvalue weighted by atomic mass is 16.6. The largest absolute Gasteiger partial charge is 0.493 e. The highest BCUT2D eigenvalue weighted by molar-refractivity contribution is 5.98. The topological polar surface area (TPSA) is 56.6 Å². The quantitative estimate of drug-likeness (QED) is 0.104. The summed E-state index contributed by atoms with van der Waals surface area (Å²) in [4.78, 5) is 20.8. The van der Waals surface area contributed by atoms with Crippen molar-refractivity contribution in [2.45, 2.75) is 91.7 Å². The van der Waals surface area contributed by atoms with Crippen molar-refractivity contribution in [3.63, 3.8) is 0 Å². The molecule has 4 aromatic rings. The standard InChI is InChI=1S/C37H47N3O3/c1-6-10-11-12-13-14-17-25-40-27(5)34(29-19-15-16-21-32(29)40)37(35-30(36(41)43-37)20-18-24-38-35)31-23-22-28(39(7-2)8-3)26-33(31)42-9-4/h15-16,18-24,26H,6-14,17,25H2,1-5H3. The van der Waals surface area contributed by atoms with E-state index in [-0.39, 0.29) is 5.97 Å². The highest BCUT2D eigenvalue weighted by Crippen LogP contribution is 2.53. The lowest BCUT2D eigenvalue weighted by Crippen LogP contribution is -2.32. The van der Waals surface area contributed by atoms with E-state index in [1.54, 1.807) is 12.3 Å². The zero-order chi connectivity index (χ0) is 30.4. The molecule has 1 atom stereocenters. The van der Waals surface area contributed by atoms with Gasteiger partial charge in [-0.25, -0.2) is 4.79 Å². The molecule has 43 heavy (non-hydrogen) atoms. The van der Waals surface area contributed by atoms with Crippen molar-refractivity contribution in [3.8, 4) is 5.75 Å². The first-order valence-electron chi connectivity index (χ1n) is 16.3. The van der Waals surface area contributed by atoms with E-state index in [0.717, 1.165) is 59.5 Å². The number of rotatable bonds is 15. The number of aromatic nitrogens is 2. The summed E-state index contributed by atoms with van der Waals surface area (Å²) < 4.78 is 15.4. The second-order valence-corrected chi connectivity index (χ2v) is 11.5. The van der Waals surface area contributed by atoms with E-state index in [1.165, 1.54) is 38.5 Å². The third-order valence-corrected chi connectivity index (χ3v) is 8.95. The predicted octanol–water partition coefficient (Wildman–Crippen LogP) is 8.80. The molecule has 0 amide bonds. The number of hydrogen-bond donors (Lipinski definition) is 0. The molecule has 0 saturated carbocycles. The van der Waals surface area contributed by atoms with Gasteiger partial charge in [0.1, 0.15) is 11.4 Å². The molecule has 0 fully saturated rings. The van der Waals surface area contributed by atoms with Crippen LogP contribution in [0.1, 0.15) is 106 Å². The van der Waals surface area contributed by atoms with Gasteiger partial charge < -0.3 is 18.9 Å². The van der Waals surface area contributed by atoms with Crippen LogP contribution in [0.25, 0.3) is 10.9 Å². The molecule has 1 aliphatic heterocycles. The first-order valence-corrected chi connectivity index (χ1v) is 16.3.